The van der Waals surface area contributed by atoms with Crippen LogP contribution < -0.4 is 25.3 Å². The van der Waals surface area contributed by atoms with Crippen LogP contribution in [0.4, 0.5) is 22.7 Å². The summed E-state index contributed by atoms with van der Waals surface area (Å²) in [5, 5.41) is 32.6. The van der Waals surface area contributed by atoms with Crippen molar-refractivity contribution >= 4 is 57.1 Å². The Bertz CT molecular complexity index is 3000. The molecule has 4 heterocycles. The first-order valence-electron chi connectivity index (χ1n) is 35.9. The minimum Gasteiger partial charge on any atom is -0.508 e. The number of ether oxygens (including phenoxy) is 7. The normalized spacial score (nSPS) is 26.1. The van der Waals surface area contributed by atoms with Crippen molar-refractivity contribution in [2.24, 2.45) is 46.3 Å². The molecule has 12 aliphatic rings. The van der Waals surface area contributed by atoms with Crippen molar-refractivity contribution in [1.82, 2.24) is 19.6 Å². The summed E-state index contributed by atoms with van der Waals surface area (Å²) in [6, 6.07) is 27.0. The molecule has 16 rings (SSSR count). The first kappa shape index (κ1) is 76.3. The van der Waals surface area contributed by atoms with E-state index in [0.29, 0.717) is 19.0 Å². The van der Waals surface area contributed by atoms with Crippen molar-refractivity contribution in [3.05, 3.63) is 117 Å². The van der Waals surface area contributed by atoms with Gasteiger partial charge in [-0.15, -0.1) is 11.6 Å². The summed E-state index contributed by atoms with van der Waals surface area (Å²) in [6.07, 6.45) is 18.9. The number of carbonyl (C=O) groups is 2. The lowest BCUT2D eigenvalue weighted by molar-refractivity contribution is -0.385. The summed E-state index contributed by atoms with van der Waals surface area (Å²) >= 11 is 11.3. The van der Waals surface area contributed by atoms with Crippen LogP contribution in [0.1, 0.15) is 103 Å². The van der Waals surface area contributed by atoms with E-state index in [1.807, 2.05) is 48.5 Å². The number of nitro benzene ring substituents is 2. The highest BCUT2D eigenvalue weighted by Crippen LogP contribution is 2.62. The van der Waals surface area contributed by atoms with E-state index in [0.717, 1.165) is 273 Å². The Morgan fingerprint density at radius 3 is 1.21 bits per heavy atom. The first-order chi connectivity index (χ1) is 47.6. The third-order valence-corrected chi connectivity index (χ3v) is 21.3. The van der Waals surface area contributed by atoms with Crippen LogP contribution in [0.15, 0.2) is 97.1 Å². The number of nitrogens with two attached hydrogens (primary N) is 1. The number of halogens is 2. The fraction of sp³-hybridized carbons (Fsp3) is 0.649. The molecule has 4 N–H and O–H groups in total. The Morgan fingerprint density at radius 2 is 0.847 bits per heavy atom. The molecule has 12 fully saturated rings. The lowest BCUT2D eigenvalue weighted by atomic mass is 9.49. The lowest BCUT2D eigenvalue weighted by Gasteiger charge is -2.55. The van der Waals surface area contributed by atoms with E-state index in [1.54, 1.807) is 12.1 Å². The number of nitrogens with one attached hydrogen (secondary N) is 1. The topological polar surface area (TPSA) is 256 Å². The SMILES string of the molecule is ClCCCN1CCOCC1.Nc1cccc(OCCCN2CCOCC2)c1.O=C(Cl)C12CC3CC(CC(C3)C1)C2.O=C(Nc1cccc(OCCCN2CCOCC2)c1)C12CC3CC(CC(C3)C1)C2.O=[N+]([O-])c1cccc(O)c1.O=[N+]([O-])c1cccc(OCCCN2CCOCC2)c1. The molecule has 4 aromatic rings. The summed E-state index contributed by atoms with van der Waals surface area (Å²) in [5.41, 5.74) is 7.08. The third kappa shape index (κ3) is 25.0. The van der Waals surface area contributed by atoms with Gasteiger partial charge >= 0.3 is 0 Å². The van der Waals surface area contributed by atoms with Crippen molar-refractivity contribution in [3.8, 4) is 23.0 Å². The predicted octanol–water partition coefficient (Wildman–Crippen LogP) is 12.2. The van der Waals surface area contributed by atoms with Crippen LogP contribution >= 0.6 is 23.2 Å². The number of non-ortho nitro benzene ring substituents is 2. The molecule has 22 nitrogen and oxygen atoms in total. The molecule has 24 heteroatoms. The van der Waals surface area contributed by atoms with Crippen LogP contribution in [0.5, 0.6) is 23.0 Å². The van der Waals surface area contributed by atoms with Gasteiger partial charge in [-0.1, -0.05) is 24.3 Å². The van der Waals surface area contributed by atoms with E-state index in [4.69, 9.17) is 67.2 Å². The van der Waals surface area contributed by atoms with Gasteiger partial charge in [-0.3, -0.25) is 49.4 Å². The summed E-state index contributed by atoms with van der Waals surface area (Å²) in [6.45, 7) is 21.2. The van der Waals surface area contributed by atoms with Gasteiger partial charge < -0.3 is 49.3 Å². The van der Waals surface area contributed by atoms with Crippen LogP contribution in [0.25, 0.3) is 0 Å². The van der Waals surface area contributed by atoms with E-state index >= 15 is 0 Å². The average Bonchev–Trinajstić information content (AvgIpc) is 0.752. The van der Waals surface area contributed by atoms with Crippen LogP contribution in [0, 0.1) is 66.6 Å². The number of amides is 1. The second kappa shape index (κ2) is 39.9. The zero-order chi connectivity index (χ0) is 69.0. The van der Waals surface area contributed by atoms with Crippen LogP contribution in [-0.2, 0) is 28.5 Å². The Morgan fingerprint density at radius 1 is 0.500 bits per heavy atom. The fourth-order valence-electron chi connectivity index (χ4n) is 16.6. The molecular formula is C74H106Cl2N8O14. The molecule has 4 saturated heterocycles. The Kier molecular flexibility index (Phi) is 31.1. The minimum atomic E-state index is -0.556. The number of benzene rings is 4. The standard InChI is InChI=1S/C24H34N2O3.C13H18N2O4.C13H20N2O2.C11H15ClO.C7H14ClNO.C6H5NO3/c27-23(24-15-18-11-19(16-24)13-20(12-18)17-24)25-21-3-1-4-22(14-21)29-8-2-5-26-6-9-28-10-7-26;16-15(17)12-3-1-4-13(11-12)19-8-2-5-14-6-9-18-10-7-14;14-12-3-1-4-13(11-12)17-8-2-5-15-6-9-16-10-7-15;12-10(13)11-4-7-1-8(5-11)3-9(2-7)6-11;8-2-1-3-9-4-6-10-7-5-9;8-6-3-1-2-5(4-6)7(9)10/h1,3-4,14,18-20H,2,5-13,15-17H2,(H,25,27);1,3-4,11H,2,5-10H2;1,3-4,11H,2,5-10,14H2;7-9H,1-6H2;1-7H2;1-4,8H. The smallest absolute Gasteiger partial charge is 0.273 e. The highest BCUT2D eigenvalue weighted by atomic mass is 35.5. The largest absolute Gasteiger partial charge is 0.508 e. The van der Waals surface area contributed by atoms with Crippen LogP contribution in [0.3, 0.4) is 0 Å². The van der Waals surface area contributed by atoms with E-state index in [2.05, 4.69) is 24.9 Å². The summed E-state index contributed by atoms with van der Waals surface area (Å²) in [5.74, 6) is 8.03. The molecule has 4 aromatic carbocycles. The number of alkyl halides is 1. The highest BCUT2D eigenvalue weighted by molar-refractivity contribution is 6.64. The number of anilines is 2. The van der Waals surface area contributed by atoms with Crippen molar-refractivity contribution < 1.29 is 57.7 Å². The predicted molar refractivity (Wildman–Crippen MR) is 381 cm³/mol. The Hall–Kier alpha value is -5.92. The molecule has 98 heavy (non-hydrogen) atoms. The second-order valence-electron chi connectivity index (χ2n) is 28.2. The van der Waals surface area contributed by atoms with Gasteiger partial charge in [-0.2, -0.15) is 0 Å². The number of aromatic hydroxyl groups is 1. The Balaban J connectivity index is 0.000000144. The summed E-state index contributed by atoms with van der Waals surface area (Å²) < 4.78 is 38.3. The number of nitrogens with zero attached hydrogens (tertiary/aromatic N) is 6. The van der Waals surface area contributed by atoms with Crippen molar-refractivity contribution in [2.75, 3.05) is 168 Å². The molecular weight excluding hydrogens is 1300 g/mol. The monoisotopic (exact) mass is 1400 g/mol. The van der Waals surface area contributed by atoms with Gasteiger partial charge in [0, 0.05) is 119 Å². The zero-order valence-electron chi connectivity index (χ0n) is 57.3. The molecule has 0 spiro atoms. The second-order valence-corrected chi connectivity index (χ2v) is 28.9. The van der Waals surface area contributed by atoms with Gasteiger partial charge in [-0.05, 0) is 193 Å². The number of morpholine rings is 4. The summed E-state index contributed by atoms with van der Waals surface area (Å²) in [4.78, 5) is 54.0. The molecule has 8 aliphatic carbocycles. The van der Waals surface area contributed by atoms with E-state index < -0.39 is 9.85 Å². The van der Waals surface area contributed by atoms with Gasteiger partial charge in [0.05, 0.1) is 100 Å². The van der Waals surface area contributed by atoms with Gasteiger partial charge in [0.25, 0.3) is 11.4 Å². The number of nitro groups is 2. The summed E-state index contributed by atoms with van der Waals surface area (Å²) in [7, 11) is 0. The molecule has 4 aliphatic heterocycles. The van der Waals surface area contributed by atoms with Crippen LogP contribution in [-0.4, -0.2) is 203 Å². The van der Waals surface area contributed by atoms with Crippen molar-refractivity contribution in [1.29, 1.82) is 0 Å². The lowest BCUT2D eigenvalue weighted by Crippen LogP contribution is -2.51. The molecule has 0 unspecified atom stereocenters. The van der Waals surface area contributed by atoms with Gasteiger partial charge in [0.2, 0.25) is 11.1 Å². The number of carbonyl (C=O) groups excluding carboxylic acids is 2. The van der Waals surface area contributed by atoms with Crippen molar-refractivity contribution in [2.45, 2.75) is 103 Å². The third-order valence-electron chi connectivity index (χ3n) is 20.7. The van der Waals surface area contributed by atoms with Crippen LogP contribution in [0.2, 0.25) is 0 Å². The fourth-order valence-corrected chi connectivity index (χ4v) is 16.9. The number of nitrogen functional groups attached to an aromatic ring is 1. The maximum Gasteiger partial charge on any atom is 0.273 e. The molecule has 0 atom stereocenters. The van der Waals surface area contributed by atoms with Gasteiger partial charge in [-0.25, -0.2) is 0 Å². The minimum absolute atomic E-state index is 0.0356. The quantitative estimate of drug-likeness (QED) is 0.0156. The highest BCUT2D eigenvalue weighted by Gasteiger charge is 2.55. The zero-order valence-corrected chi connectivity index (χ0v) is 58.8. The maximum absolute atomic E-state index is 13.2. The van der Waals surface area contributed by atoms with Gasteiger partial charge in [0.1, 0.15) is 23.0 Å². The molecule has 1 amide bonds. The number of rotatable bonds is 23. The Labute approximate surface area is 589 Å². The van der Waals surface area contributed by atoms with Gasteiger partial charge in [0.15, 0.2) is 0 Å². The number of phenolic OH excluding ortho intramolecular Hbond substituents is 1. The molecule has 8 bridgehead atoms. The molecule has 540 valence electrons. The number of hydrogen-bond acceptors (Lipinski definition) is 19. The maximum atomic E-state index is 13.2. The molecule has 0 aromatic heterocycles. The van der Waals surface area contributed by atoms with E-state index in [9.17, 15) is 29.8 Å². The first-order valence-corrected chi connectivity index (χ1v) is 36.8. The molecule has 8 saturated carbocycles. The number of phenols is 1. The van der Waals surface area contributed by atoms with Crippen molar-refractivity contribution in [3.63, 3.8) is 0 Å². The average molecular weight is 1400 g/mol. The number of hydrogen-bond donors (Lipinski definition) is 3. The molecule has 0 radical (unpaired) electrons. The van der Waals surface area contributed by atoms with E-state index in [1.165, 1.54) is 68.9 Å². The van der Waals surface area contributed by atoms with E-state index in [-0.39, 0.29) is 39.1 Å².